The number of hydrogen-bond donors (Lipinski definition) is 0. The van der Waals surface area contributed by atoms with Crippen LogP contribution in [0.15, 0.2) is 200 Å². The van der Waals surface area contributed by atoms with E-state index < -0.39 is 0 Å². The second-order valence-corrected chi connectivity index (χ2v) is 15.3. The maximum Gasteiger partial charge on any atom is 0.152 e. The van der Waals surface area contributed by atoms with Crippen LogP contribution >= 0.6 is 0 Å². The highest BCUT2D eigenvalue weighted by molar-refractivity contribution is 6.18. The van der Waals surface area contributed by atoms with Gasteiger partial charge in [-0.3, -0.25) is 0 Å². The van der Waals surface area contributed by atoms with Crippen LogP contribution in [0.4, 0.5) is 0 Å². The Bertz CT molecular complexity index is 3580. The fraction of sp³-hybridized carbons (Fsp3) is 0. The molecule has 13 rings (SSSR count). The molecule has 58 heavy (non-hydrogen) atoms. The average Bonchev–Trinajstić information content (AvgIpc) is 3.93. The summed E-state index contributed by atoms with van der Waals surface area (Å²) in [6, 6.07) is 72.4. The summed E-state index contributed by atoms with van der Waals surface area (Å²) in [6.45, 7) is 0. The van der Waals surface area contributed by atoms with Crippen LogP contribution in [-0.2, 0) is 0 Å². The molecule has 3 aromatic heterocycles. The maximum atomic E-state index is 6.38. The second-order valence-electron chi connectivity index (χ2n) is 15.3. The van der Waals surface area contributed by atoms with E-state index in [1.54, 1.807) is 0 Å². The van der Waals surface area contributed by atoms with Gasteiger partial charge >= 0.3 is 0 Å². The number of fused-ring (bicyclic) bond motifs is 11. The van der Waals surface area contributed by atoms with Crippen LogP contribution in [0, 0.1) is 0 Å². The van der Waals surface area contributed by atoms with E-state index in [0.717, 1.165) is 34.1 Å². The first-order valence-corrected chi connectivity index (χ1v) is 19.8. The molecule has 1 aliphatic heterocycles. The molecular weight excluding hydrogens is 707 g/mol. The van der Waals surface area contributed by atoms with Crippen LogP contribution in [0.3, 0.4) is 0 Å². The van der Waals surface area contributed by atoms with E-state index in [4.69, 9.17) is 4.74 Å². The summed E-state index contributed by atoms with van der Waals surface area (Å²) in [5.74, 6) is 1.77. The van der Waals surface area contributed by atoms with Crippen molar-refractivity contribution >= 4 is 65.4 Å². The van der Waals surface area contributed by atoms with Gasteiger partial charge in [0.15, 0.2) is 11.5 Å². The Morgan fingerprint density at radius 2 is 0.810 bits per heavy atom. The molecule has 4 nitrogen and oxygen atoms in total. The van der Waals surface area contributed by atoms with Crippen molar-refractivity contribution in [2.75, 3.05) is 0 Å². The van der Waals surface area contributed by atoms with E-state index in [1.807, 2.05) is 12.1 Å². The van der Waals surface area contributed by atoms with Crippen molar-refractivity contribution in [3.63, 3.8) is 0 Å². The zero-order chi connectivity index (χ0) is 37.9. The molecule has 4 heteroatoms. The standard InChI is InChI=1S/C54H33N3O/c1-4-16-45-40(11-1)41-12-2-5-17-46(41)56(45)38-31-32-48-44(33-38)42-13-3-6-18-47(42)55(48)37-29-27-35(28-30-37)34-23-25-36(26-24-34)39-14-9-20-50-53(39)43-15-10-22-52-54(43)57(50)49-19-7-8-21-51(49)58-52/h1-33H. The molecule has 270 valence electrons. The smallest absolute Gasteiger partial charge is 0.152 e. The summed E-state index contributed by atoms with van der Waals surface area (Å²) < 4.78 is 13.5. The molecule has 0 radical (unpaired) electrons. The largest absolute Gasteiger partial charge is 0.453 e. The number of nitrogens with zero attached hydrogens (tertiary/aromatic N) is 3. The van der Waals surface area contributed by atoms with Gasteiger partial charge in [0, 0.05) is 43.7 Å². The lowest BCUT2D eigenvalue weighted by molar-refractivity contribution is 0.476. The van der Waals surface area contributed by atoms with Gasteiger partial charge in [0.25, 0.3) is 0 Å². The number of ether oxygens (including phenoxy) is 1. The summed E-state index contributed by atoms with van der Waals surface area (Å²) in [4.78, 5) is 0. The molecule has 0 atom stereocenters. The van der Waals surface area contributed by atoms with E-state index in [0.29, 0.717) is 0 Å². The molecule has 0 unspecified atom stereocenters. The van der Waals surface area contributed by atoms with Gasteiger partial charge in [-0.05, 0) is 95.1 Å². The fourth-order valence-electron chi connectivity index (χ4n) is 9.73. The summed E-state index contributed by atoms with van der Waals surface area (Å²) in [5.41, 5.74) is 15.3. The molecule has 0 N–H and O–H groups in total. The molecule has 9 aromatic carbocycles. The molecular formula is C54H33N3O. The van der Waals surface area contributed by atoms with Crippen molar-refractivity contribution in [3.05, 3.63) is 200 Å². The summed E-state index contributed by atoms with van der Waals surface area (Å²) in [6.07, 6.45) is 0. The predicted molar refractivity (Wildman–Crippen MR) is 240 cm³/mol. The first-order chi connectivity index (χ1) is 28.8. The Balaban J connectivity index is 0.883. The molecule has 0 aliphatic carbocycles. The highest BCUT2D eigenvalue weighted by atomic mass is 16.5. The Morgan fingerprint density at radius 3 is 1.53 bits per heavy atom. The van der Waals surface area contributed by atoms with Gasteiger partial charge < -0.3 is 18.4 Å². The SMILES string of the molecule is c1ccc2c(c1)Oc1cccc3c4c(-c5ccc(-c6ccc(-n7c8ccccc8c8cc(-n9c%10ccccc%10c%10ccccc%109)ccc87)cc6)cc5)cccc4n-2c13. The van der Waals surface area contributed by atoms with Crippen LogP contribution in [0.5, 0.6) is 11.5 Å². The third-order valence-corrected chi connectivity index (χ3v) is 12.3. The molecule has 0 saturated heterocycles. The Labute approximate surface area is 333 Å². The third kappa shape index (κ3) is 4.34. The Morgan fingerprint density at radius 1 is 0.310 bits per heavy atom. The van der Waals surface area contributed by atoms with Gasteiger partial charge in [-0.1, -0.05) is 127 Å². The minimum atomic E-state index is 0.878. The maximum absolute atomic E-state index is 6.38. The fourth-order valence-corrected chi connectivity index (χ4v) is 9.73. The normalized spacial score (nSPS) is 12.3. The number of hydrogen-bond acceptors (Lipinski definition) is 1. The quantitative estimate of drug-likeness (QED) is 0.176. The molecule has 0 amide bonds. The van der Waals surface area contributed by atoms with Gasteiger partial charge in [0.1, 0.15) is 0 Å². The molecule has 1 aliphatic rings. The predicted octanol–water partition coefficient (Wildman–Crippen LogP) is 14.4. The van der Waals surface area contributed by atoms with Gasteiger partial charge in [-0.25, -0.2) is 0 Å². The van der Waals surface area contributed by atoms with Crippen molar-refractivity contribution in [3.8, 4) is 50.8 Å². The monoisotopic (exact) mass is 739 g/mol. The van der Waals surface area contributed by atoms with Gasteiger partial charge in [-0.2, -0.15) is 0 Å². The average molecular weight is 740 g/mol. The lowest BCUT2D eigenvalue weighted by Gasteiger charge is -2.20. The first-order valence-electron chi connectivity index (χ1n) is 19.8. The Hall–Kier alpha value is -7.82. The third-order valence-electron chi connectivity index (χ3n) is 12.3. The van der Waals surface area contributed by atoms with E-state index in [1.165, 1.54) is 82.2 Å². The highest BCUT2D eigenvalue weighted by Gasteiger charge is 2.25. The van der Waals surface area contributed by atoms with Gasteiger partial charge in [0.2, 0.25) is 0 Å². The van der Waals surface area contributed by atoms with Gasteiger partial charge in [0.05, 0.1) is 38.8 Å². The van der Waals surface area contributed by atoms with Crippen LogP contribution in [0.2, 0.25) is 0 Å². The number of para-hydroxylation sites is 6. The molecule has 0 spiro atoms. The topological polar surface area (TPSA) is 24.0 Å². The number of aromatic nitrogens is 3. The van der Waals surface area contributed by atoms with E-state index >= 15 is 0 Å². The van der Waals surface area contributed by atoms with Crippen molar-refractivity contribution in [1.29, 1.82) is 0 Å². The lowest BCUT2D eigenvalue weighted by Crippen LogP contribution is -2.03. The minimum Gasteiger partial charge on any atom is -0.453 e. The van der Waals surface area contributed by atoms with Crippen LogP contribution in [0.25, 0.3) is 105 Å². The van der Waals surface area contributed by atoms with Crippen LogP contribution in [0.1, 0.15) is 0 Å². The van der Waals surface area contributed by atoms with Crippen LogP contribution in [-0.4, -0.2) is 13.7 Å². The van der Waals surface area contributed by atoms with Crippen molar-refractivity contribution < 1.29 is 4.74 Å². The first kappa shape index (κ1) is 31.4. The van der Waals surface area contributed by atoms with Gasteiger partial charge in [-0.15, -0.1) is 0 Å². The lowest BCUT2D eigenvalue weighted by atomic mass is 9.97. The van der Waals surface area contributed by atoms with Crippen molar-refractivity contribution in [2.45, 2.75) is 0 Å². The Kier molecular flexibility index (Phi) is 6.41. The molecule has 4 heterocycles. The minimum absolute atomic E-state index is 0.878. The highest BCUT2D eigenvalue weighted by Crippen LogP contribution is 2.47. The molecule has 0 fully saturated rings. The van der Waals surface area contributed by atoms with E-state index in [2.05, 4.69) is 202 Å². The number of benzene rings is 9. The summed E-state index contributed by atoms with van der Waals surface area (Å²) >= 11 is 0. The van der Waals surface area contributed by atoms with Crippen molar-refractivity contribution in [2.24, 2.45) is 0 Å². The second kappa shape index (κ2) is 11.8. The van der Waals surface area contributed by atoms with Crippen LogP contribution < -0.4 is 4.74 Å². The summed E-state index contributed by atoms with van der Waals surface area (Å²) in [7, 11) is 0. The molecule has 0 saturated carbocycles. The summed E-state index contributed by atoms with van der Waals surface area (Å²) in [5, 5.41) is 7.46. The van der Waals surface area contributed by atoms with E-state index in [9.17, 15) is 0 Å². The number of rotatable bonds is 4. The zero-order valence-electron chi connectivity index (χ0n) is 31.3. The van der Waals surface area contributed by atoms with Crippen molar-refractivity contribution in [1.82, 2.24) is 13.7 Å². The molecule has 0 bridgehead atoms. The molecule has 12 aromatic rings. The van der Waals surface area contributed by atoms with E-state index in [-0.39, 0.29) is 0 Å². The zero-order valence-corrected chi connectivity index (χ0v) is 31.3.